The fourth-order valence-electron chi connectivity index (χ4n) is 1.89. The minimum Gasteiger partial charge on any atom is -0.481 e. The highest BCUT2D eigenvalue weighted by Gasteiger charge is 2.34. The number of hydrogen-bond acceptors (Lipinski definition) is 5. The Labute approximate surface area is 103 Å². The predicted octanol–water partition coefficient (Wildman–Crippen LogP) is 1.41. The van der Waals surface area contributed by atoms with E-state index < -0.39 is 21.1 Å². The van der Waals surface area contributed by atoms with Gasteiger partial charge < -0.3 is 5.11 Å². The molecule has 1 atom stereocenters. The Morgan fingerprint density at radius 2 is 2.35 bits per heavy atom. The van der Waals surface area contributed by atoms with Crippen LogP contribution in [0.5, 0.6) is 0 Å². The van der Waals surface area contributed by atoms with Crippen molar-refractivity contribution in [3.8, 4) is 0 Å². The minimum atomic E-state index is -3.03. The molecular formula is C10H13NO4S2. The molecule has 1 aromatic heterocycles. The third kappa shape index (κ3) is 2.84. The number of carbonyl (C=O) groups is 1. The monoisotopic (exact) mass is 275 g/mol. The first-order chi connectivity index (χ1) is 7.99. The summed E-state index contributed by atoms with van der Waals surface area (Å²) in [6.07, 6.45) is 3.39. The van der Waals surface area contributed by atoms with E-state index in [9.17, 15) is 13.2 Å². The number of aromatic nitrogens is 1. The molecule has 0 spiro atoms. The molecule has 0 amide bonds. The average molecular weight is 275 g/mol. The molecule has 0 aliphatic carbocycles. The number of rotatable bonds is 4. The molecule has 7 heteroatoms. The van der Waals surface area contributed by atoms with Crippen molar-refractivity contribution in [3.63, 3.8) is 0 Å². The van der Waals surface area contributed by atoms with Crippen molar-refractivity contribution in [3.05, 3.63) is 16.1 Å². The summed E-state index contributed by atoms with van der Waals surface area (Å²) < 4.78 is 23.4. The van der Waals surface area contributed by atoms with Crippen LogP contribution in [0, 0.1) is 0 Å². The van der Waals surface area contributed by atoms with Crippen LogP contribution in [0.2, 0.25) is 0 Å². The summed E-state index contributed by atoms with van der Waals surface area (Å²) in [6.45, 7) is 0. The van der Waals surface area contributed by atoms with Crippen molar-refractivity contribution < 1.29 is 18.3 Å². The molecular weight excluding hydrogens is 262 g/mol. The molecule has 1 N–H and O–H groups in total. The first-order valence-electron chi connectivity index (χ1n) is 5.37. The highest BCUT2D eigenvalue weighted by Crippen LogP contribution is 2.36. The van der Waals surface area contributed by atoms with Crippen LogP contribution in [0.25, 0.3) is 0 Å². The molecule has 1 fully saturated rings. The SMILES string of the molecule is O=C(O)CCc1cnc(C2CCCS2(=O)=O)s1. The van der Waals surface area contributed by atoms with Crippen LogP contribution in [0.4, 0.5) is 0 Å². The Morgan fingerprint density at radius 3 is 2.94 bits per heavy atom. The van der Waals surface area contributed by atoms with Gasteiger partial charge in [0.05, 0.1) is 12.2 Å². The molecule has 1 aliphatic heterocycles. The van der Waals surface area contributed by atoms with Gasteiger partial charge in [0.2, 0.25) is 0 Å². The quantitative estimate of drug-likeness (QED) is 0.898. The summed E-state index contributed by atoms with van der Waals surface area (Å²) in [7, 11) is -3.03. The van der Waals surface area contributed by atoms with Crippen LogP contribution in [0.15, 0.2) is 6.20 Å². The molecule has 17 heavy (non-hydrogen) atoms. The van der Waals surface area contributed by atoms with Crippen molar-refractivity contribution in [1.82, 2.24) is 4.98 Å². The van der Waals surface area contributed by atoms with E-state index in [2.05, 4.69) is 4.98 Å². The second-order valence-corrected chi connectivity index (χ2v) is 7.51. The van der Waals surface area contributed by atoms with E-state index in [1.165, 1.54) is 11.3 Å². The lowest BCUT2D eigenvalue weighted by Gasteiger charge is -2.03. The number of carboxylic acid groups (broad SMARTS) is 1. The second-order valence-electron chi connectivity index (χ2n) is 4.06. The van der Waals surface area contributed by atoms with Gasteiger partial charge in [0, 0.05) is 11.1 Å². The number of hydrogen-bond donors (Lipinski definition) is 1. The molecule has 1 saturated heterocycles. The van der Waals surface area contributed by atoms with E-state index in [-0.39, 0.29) is 12.2 Å². The summed E-state index contributed by atoms with van der Waals surface area (Å²) in [6, 6.07) is 0. The topological polar surface area (TPSA) is 84.3 Å². The summed E-state index contributed by atoms with van der Waals surface area (Å²) in [5.74, 6) is -0.615. The molecule has 0 aromatic carbocycles. The van der Waals surface area contributed by atoms with Crippen LogP contribution >= 0.6 is 11.3 Å². The Kier molecular flexibility index (Phi) is 3.48. The molecule has 0 radical (unpaired) electrons. The summed E-state index contributed by atoms with van der Waals surface area (Å²) in [5.41, 5.74) is 0. The van der Waals surface area contributed by atoms with E-state index in [0.717, 1.165) is 4.88 Å². The smallest absolute Gasteiger partial charge is 0.303 e. The van der Waals surface area contributed by atoms with Crippen molar-refractivity contribution in [2.75, 3.05) is 5.75 Å². The number of carboxylic acids is 1. The van der Waals surface area contributed by atoms with Gasteiger partial charge in [0.25, 0.3) is 0 Å². The maximum atomic E-state index is 11.7. The number of thiazole rings is 1. The predicted molar refractivity (Wildman–Crippen MR) is 63.8 cm³/mol. The van der Waals surface area contributed by atoms with Gasteiger partial charge in [-0.25, -0.2) is 13.4 Å². The van der Waals surface area contributed by atoms with Gasteiger partial charge in [-0.15, -0.1) is 11.3 Å². The number of nitrogens with zero attached hydrogens (tertiary/aromatic N) is 1. The second kappa shape index (κ2) is 4.73. The van der Waals surface area contributed by atoms with E-state index in [4.69, 9.17) is 5.11 Å². The summed E-state index contributed by atoms with van der Waals surface area (Å²) in [5, 5.41) is 8.71. The molecule has 2 heterocycles. The van der Waals surface area contributed by atoms with Gasteiger partial charge in [0.1, 0.15) is 10.3 Å². The normalized spacial score (nSPS) is 22.7. The first kappa shape index (κ1) is 12.5. The Morgan fingerprint density at radius 1 is 1.59 bits per heavy atom. The standard InChI is InChI=1S/C10H13NO4S2/c12-9(13)4-3-7-6-11-10(16-7)8-2-1-5-17(8,14)15/h6,8H,1-5H2,(H,12,13). The molecule has 0 bridgehead atoms. The molecule has 94 valence electrons. The zero-order chi connectivity index (χ0) is 12.5. The van der Waals surface area contributed by atoms with Gasteiger partial charge in [-0.3, -0.25) is 4.79 Å². The van der Waals surface area contributed by atoms with Crippen LogP contribution in [0.1, 0.15) is 34.4 Å². The number of aryl methyl sites for hydroxylation is 1. The van der Waals surface area contributed by atoms with E-state index in [1.54, 1.807) is 6.20 Å². The molecule has 1 aliphatic rings. The van der Waals surface area contributed by atoms with Gasteiger partial charge in [-0.2, -0.15) is 0 Å². The van der Waals surface area contributed by atoms with Crippen LogP contribution in [-0.2, 0) is 21.1 Å². The third-order valence-corrected chi connectivity index (χ3v) is 6.26. The van der Waals surface area contributed by atoms with Crippen molar-refractivity contribution in [1.29, 1.82) is 0 Å². The number of aliphatic carboxylic acids is 1. The Bertz CT molecular complexity index is 520. The molecule has 1 unspecified atom stereocenters. The van der Waals surface area contributed by atoms with Crippen molar-refractivity contribution in [2.24, 2.45) is 0 Å². The fourth-order valence-corrected chi connectivity index (χ4v) is 5.15. The van der Waals surface area contributed by atoms with Crippen molar-refractivity contribution in [2.45, 2.75) is 30.9 Å². The van der Waals surface area contributed by atoms with Gasteiger partial charge in [-0.05, 0) is 19.3 Å². The zero-order valence-corrected chi connectivity index (χ0v) is 10.8. The summed E-state index contributed by atoms with van der Waals surface area (Å²) in [4.78, 5) is 15.4. The van der Waals surface area contributed by atoms with E-state index >= 15 is 0 Å². The van der Waals surface area contributed by atoms with Crippen LogP contribution in [-0.4, -0.2) is 30.2 Å². The number of sulfone groups is 1. The maximum absolute atomic E-state index is 11.7. The van der Waals surface area contributed by atoms with Gasteiger partial charge in [-0.1, -0.05) is 0 Å². The maximum Gasteiger partial charge on any atom is 0.303 e. The summed E-state index contributed by atoms with van der Waals surface area (Å²) >= 11 is 1.32. The lowest BCUT2D eigenvalue weighted by Crippen LogP contribution is -2.07. The van der Waals surface area contributed by atoms with E-state index in [1.807, 2.05) is 0 Å². The highest BCUT2D eigenvalue weighted by atomic mass is 32.2. The third-order valence-electron chi connectivity index (χ3n) is 2.76. The van der Waals surface area contributed by atoms with Crippen LogP contribution in [0.3, 0.4) is 0 Å². The highest BCUT2D eigenvalue weighted by molar-refractivity contribution is 7.92. The van der Waals surface area contributed by atoms with E-state index in [0.29, 0.717) is 24.3 Å². The van der Waals surface area contributed by atoms with Crippen molar-refractivity contribution >= 4 is 27.1 Å². The molecule has 2 rings (SSSR count). The first-order valence-corrected chi connectivity index (χ1v) is 7.90. The molecule has 5 nitrogen and oxygen atoms in total. The molecule has 1 aromatic rings. The van der Waals surface area contributed by atoms with Gasteiger partial charge >= 0.3 is 5.97 Å². The Balaban J connectivity index is 2.10. The molecule has 0 saturated carbocycles. The lowest BCUT2D eigenvalue weighted by molar-refractivity contribution is -0.136. The average Bonchev–Trinajstić information content (AvgIpc) is 2.80. The largest absolute Gasteiger partial charge is 0.481 e. The zero-order valence-electron chi connectivity index (χ0n) is 9.13. The Hall–Kier alpha value is -0.950. The fraction of sp³-hybridized carbons (Fsp3) is 0.600. The van der Waals surface area contributed by atoms with Crippen LogP contribution < -0.4 is 0 Å². The van der Waals surface area contributed by atoms with Gasteiger partial charge in [0.15, 0.2) is 9.84 Å². The lowest BCUT2D eigenvalue weighted by atomic mass is 10.3. The minimum absolute atomic E-state index is 0.0546.